The zero-order valence-corrected chi connectivity index (χ0v) is 17.8. The first-order chi connectivity index (χ1) is 15.0. The molecule has 0 unspecified atom stereocenters. The number of nitrogens with one attached hydrogen (secondary N) is 1. The number of hydrogen-bond donors (Lipinski definition) is 1. The van der Waals surface area contributed by atoms with Crippen molar-refractivity contribution in [1.82, 2.24) is 19.8 Å². The Hall–Kier alpha value is -2.80. The molecule has 1 aliphatic heterocycles. The molecule has 3 aromatic rings. The number of halogens is 2. The number of para-hydroxylation sites is 2. The van der Waals surface area contributed by atoms with E-state index in [2.05, 4.69) is 27.9 Å². The van der Waals surface area contributed by atoms with Crippen molar-refractivity contribution in [3.05, 3.63) is 65.5 Å². The highest BCUT2D eigenvalue weighted by Crippen LogP contribution is 2.23. The van der Waals surface area contributed by atoms with Crippen molar-refractivity contribution in [2.24, 2.45) is 13.0 Å². The average molecular weight is 427 g/mol. The van der Waals surface area contributed by atoms with Crippen LogP contribution in [0.5, 0.6) is 0 Å². The molecule has 4 rings (SSSR count). The third-order valence-electron chi connectivity index (χ3n) is 6.10. The van der Waals surface area contributed by atoms with Crippen molar-refractivity contribution < 1.29 is 13.6 Å². The molecule has 1 aromatic heterocycles. The quantitative estimate of drug-likeness (QED) is 0.617. The summed E-state index contributed by atoms with van der Waals surface area (Å²) in [5, 5.41) is 2.80. The Kier molecular flexibility index (Phi) is 6.61. The number of piperidine rings is 1. The fourth-order valence-electron chi connectivity index (χ4n) is 4.34. The fraction of sp³-hybridized carbons (Fsp3) is 0.417. The maximum Gasteiger partial charge on any atom is 0.220 e. The standard InChI is InChI=1S/C24H28F2N4O/c1-29-22-7-3-2-6-21(22)28-23(29)16-30-12-4-5-17(15-30)9-11-24(31)27-14-18-8-10-19(25)20(26)13-18/h2-3,6-8,10,13,17H,4-5,9,11-12,14-16H2,1H3,(H,27,31)/t17-/m0/s1. The maximum absolute atomic E-state index is 13.3. The molecule has 2 heterocycles. The Morgan fingerprint density at radius 3 is 2.84 bits per heavy atom. The molecule has 0 saturated carbocycles. The Morgan fingerprint density at radius 2 is 2.03 bits per heavy atom. The van der Waals surface area contributed by atoms with Crippen molar-refractivity contribution in [3.8, 4) is 0 Å². The molecule has 5 nitrogen and oxygen atoms in total. The van der Waals surface area contributed by atoms with Gasteiger partial charge in [-0.15, -0.1) is 0 Å². The molecule has 7 heteroatoms. The molecule has 0 aliphatic carbocycles. The van der Waals surface area contributed by atoms with E-state index in [-0.39, 0.29) is 12.5 Å². The smallest absolute Gasteiger partial charge is 0.220 e. The van der Waals surface area contributed by atoms with Gasteiger partial charge in [0.25, 0.3) is 0 Å². The number of nitrogens with zero attached hydrogens (tertiary/aromatic N) is 3. The van der Waals surface area contributed by atoms with Gasteiger partial charge in [0, 0.05) is 26.6 Å². The largest absolute Gasteiger partial charge is 0.352 e. The van der Waals surface area contributed by atoms with Crippen LogP contribution in [0, 0.1) is 17.6 Å². The van der Waals surface area contributed by atoms with Crippen molar-refractivity contribution in [2.75, 3.05) is 13.1 Å². The zero-order valence-electron chi connectivity index (χ0n) is 17.8. The summed E-state index contributed by atoms with van der Waals surface area (Å²) in [7, 11) is 2.06. The fourth-order valence-corrected chi connectivity index (χ4v) is 4.34. The van der Waals surface area contributed by atoms with Crippen LogP contribution in [0.3, 0.4) is 0 Å². The number of imidazole rings is 1. The SMILES string of the molecule is Cn1c(CN2CCC[C@@H](CCC(=O)NCc3ccc(F)c(F)c3)C2)nc2ccccc21. The molecule has 164 valence electrons. The second kappa shape index (κ2) is 9.56. The van der Waals surface area contributed by atoms with E-state index in [4.69, 9.17) is 4.98 Å². The summed E-state index contributed by atoms with van der Waals surface area (Å²) >= 11 is 0. The Morgan fingerprint density at radius 1 is 1.19 bits per heavy atom. The molecule has 1 aliphatic rings. The van der Waals surface area contributed by atoms with Crippen LogP contribution < -0.4 is 5.32 Å². The van der Waals surface area contributed by atoms with E-state index in [0.717, 1.165) is 67.9 Å². The second-order valence-corrected chi connectivity index (χ2v) is 8.38. The highest BCUT2D eigenvalue weighted by molar-refractivity contribution is 5.76. The summed E-state index contributed by atoms with van der Waals surface area (Å²) in [6, 6.07) is 11.9. The number of likely N-dealkylation sites (tertiary alicyclic amines) is 1. The van der Waals surface area contributed by atoms with E-state index in [1.807, 2.05) is 18.2 Å². The van der Waals surface area contributed by atoms with Crippen LogP contribution in [0.15, 0.2) is 42.5 Å². The van der Waals surface area contributed by atoms with E-state index in [0.29, 0.717) is 17.9 Å². The predicted octanol–water partition coefficient (Wildman–Crippen LogP) is 4.16. The Bertz CT molecular complexity index is 1060. The molecule has 1 atom stereocenters. The molecule has 1 saturated heterocycles. The summed E-state index contributed by atoms with van der Waals surface area (Å²) in [6.07, 6.45) is 3.50. The molecular weight excluding hydrogens is 398 g/mol. The first-order valence-corrected chi connectivity index (χ1v) is 10.8. The van der Waals surface area contributed by atoms with Gasteiger partial charge in [0.1, 0.15) is 5.82 Å². The van der Waals surface area contributed by atoms with Crippen LogP contribution in [0.2, 0.25) is 0 Å². The first-order valence-electron chi connectivity index (χ1n) is 10.8. The van der Waals surface area contributed by atoms with Crippen LogP contribution in [-0.4, -0.2) is 33.4 Å². The lowest BCUT2D eigenvalue weighted by molar-refractivity contribution is -0.121. The van der Waals surface area contributed by atoms with Gasteiger partial charge in [-0.05, 0) is 61.6 Å². The van der Waals surface area contributed by atoms with E-state index >= 15 is 0 Å². The monoisotopic (exact) mass is 426 g/mol. The third-order valence-corrected chi connectivity index (χ3v) is 6.10. The van der Waals surface area contributed by atoms with Gasteiger partial charge in [0.05, 0.1) is 17.6 Å². The number of hydrogen-bond acceptors (Lipinski definition) is 3. The molecule has 2 aromatic carbocycles. The number of carbonyl (C=O) groups excluding carboxylic acids is 1. The molecule has 0 radical (unpaired) electrons. The van der Waals surface area contributed by atoms with Crippen molar-refractivity contribution in [3.63, 3.8) is 0 Å². The molecule has 1 N–H and O–H groups in total. The number of amides is 1. The summed E-state index contributed by atoms with van der Waals surface area (Å²) in [6.45, 7) is 3.02. The van der Waals surface area contributed by atoms with Gasteiger partial charge in [0.15, 0.2) is 11.6 Å². The van der Waals surface area contributed by atoms with Crippen LogP contribution in [0.1, 0.15) is 37.1 Å². The maximum atomic E-state index is 13.3. The minimum atomic E-state index is -0.894. The molecule has 0 bridgehead atoms. The van der Waals surface area contributed by atoms with Crippen molar-refractivity contribution in [2.45, 2.75) is 38.8 Å². The summed E-state index contributed by atoms with van der Waals surface area (Å²) in [4.78, 5) is 19.4. The first kappa shape index (κ1) is 21.4. The van der Waals surface area contributed by atoms with E-state index < -0.39 is 11.6 Å². The number of rotatable bonds is 7. The summed E-state index contributed by atoms with van der Waals surface area (Å²) in [5.74, 6) is -0.300. The number of benzene rings is 2. The van der Waals surface area contributed by atoms with Crippen LogP contribution in [0.4, 0.5) is 8.78 Å². The Balaban J connectivity index is 1.25. The van der Waals surface area contributed by atoms with Gasteiger partial charge in [-0.3, -0.25) is 9.69 Å². The lowest BCUT2D eigenvalue weighted by Gasteiger charge is -2.32. The van der Waals surface area contributed by atoms with Gasteiger partial charge in [-0.25, -0.2) is 13.8 Å². The van der Waals surface area contributed by atoms with Gasteiger partial charge >= 0.3 is 0 Å². The number of fused-ring (bicyclic) bond motifs is 1. The van der Waals surface area contributed by atoms with Crippen LogP contribution >= 0.6 is 0 Å². The Labute approximate surface area is 181 Å². The molecule has 0 spiro atoms. The van der Waals surface area contributed by atoms with Crippen molar-refractivity contribution >= 4 is 16.9 Å². The minimum absolute atomic E-state index is 0.0581. The minimum Gasteiger partial charge on any atom is -0.352 e. The molecule has 1 fully saturated rings. The van der Waals surface area contributed by atoms with Crippen molar-refractivity contribution in [1.29, 1.82) is 0 Å². The predicted molar refractivity (Wildman–Crippen MR) is 116 cm³/mol. The van der Waals surface area contributed by atoms with Gasteiger partial charge in [-0.2, -0.15) is 0 Å². The number of aromatic nitrogens is 2. The van der Waals surface area contributed by atoms with E-state index in [1.54, 1.807) is 0 Å². The van der Waals surface area contributed by atoms with Crippen LogP contribution in [-0.2, 0) is 24.9 Å². The van der Waals surface area contributed by atoms with E-state index in [1.165, 1.54) is 6.07 Å². The number of carbonyl (C=O) groups is 1. The highest BCUT2D eigenvalue weighted by atomic mass is 19.2. The number of aryl methyl sites for hydroxylation is 1. The summed E-state index contributed by atoms with van der Waals surface area (Å²) in [5.41, 5.74) is 2.72. The average Bonchev–Trinajstić information content (AvgIpc) is 3.09. The lowest BCUT2D eigenvalue weighted by Crippen LogP contribution is -2.36. The van der Waals surface area contributed by atoms with Gasteiger partial charge in [0.2, 0.25) is 5.91 Å². The zero-order chi connectivity index (χ0) is 21.8. The normalized spacial score (nSPS) is 17.2. The molecule has 1 amide bonds. The highest BCUT2D eigenvalue weighted by Gasteiger charge is 2.22. The van der Waals surface area contributed by atoms with Crippen LogP contribution in [0.25, 0.3) is 11.0 Å². The lowest BCUT2D eigenvalue weighted by atomic mass is 9.93. The second-order valence-electron chi connectivity index (χ2n) is 8.38. The van der Waals surface area contributed by atoms with Gasteiger partial charge in [-0.1, -0.05) is 18.2 Å². The van der Waals surface area contributed by atoms with Gasteiger partial charge < -0.3 is 9.88 Å². The molecular formula is C24H28F2N4O. The van der Waals surface area contributed by atoms with E-state index in [9.17, 15) is 13.6 Å². The third kappa shape index (κ3) is 5.28. The topological polar surface area (TPSA) is 50.2 Å². The molecule has 31 heavy (non-hydrogen) atoms. The summed E-state index contributed by atoms with van der Waals surface area (Å²) < 4.78 is 28.4.